The molecule has 21 heavy (non-hydrogen) atoms. The highest BCUT2D eigenvalue weighted by Gasteiger charge is 2.11. The molecule has 0 spiro atoms. The summed E-state index contributed by atoms with van der Waals surface area (Å²) in [4.78, 5) is 13.8. The minimum Gasteiger partial charge on any atom is -0.382 e. The van der Waals surface area contributed by atoms with Crippen LogP contribution in [0, 0.1) is 0 Å². The summed E-state index contributed by atoms with van der Waals surface area (Å²) in [5.41, 5.74) is 8.84. The molecule has 0 aliphatic rings. The Morgan fingerprint density at radius 1 is 1.00 bits per heavy atom. The van der Waals surface area contributed by atoms with Crippen molar-refractivity contribution >= 4 is 49.2 Å². The number of pyridine rings is 1. The van der Waals surface area contributed by atoms with E-state index >= 15 is 0 Å². The van der Waals surface area contributed by atoms with E-state index in [0.29, 0.717) is 10.8 Å². The van der Waals surface area contributed by atoms with Gasteiger partial charge in [0.25, 0.3) is 0 Å². The second kappa shape index (κ2) is 4.65. The Balaban J connectivity index is 1.99. The van der Waals surface area contributed by atoms with Crippen LogP contribution >= 0.6 is 22.9 Å². The number of benzene rings is 1. The van der Waals surface area contributed by atoms with Crippen LogP contribution < -0.4 is 5.73 Å². The molecule has 4 nitrogen and oxygen atoms in total. The molecular formula is C15H9ClN4S. The second-order valence-electron chi connectivity index (χ2n) is 4.62. The maximum Gasteiger partial charge on any atom is 0.144 e. The summed E-state index contributed by atoms with van der Waals surface area (Å²) in [5.74, 6) is 0.496. The number of halogens is 1. The molecule has 0 fully saturated rings. The van der Waals surface area contributed by atoms with Gasteiger partial charge in [-0.15, -0.1) is 11.3 Å². The third-order valence-electron chi connectivity index (χ3n) is 3.31. The first-order valence-electron chi connectivity index (χ1n) is 6.27. The van der Waals surface area contributed by atoms with Crippen LogP contribution in [0.25, 0.3) is 31.6 Å². The monoisotopic (exact) mass is 312 g/mol. The zero-order valence-corrected chi connectivity index (χ0v) is 12.3. The van der Waals surface area contributed by atoms with Gasteiger partial charge < -0.3 is 5.73 Å². The topological polar surface area (TPSA) is 64.7 Å². The molecule has 0 unspecified atom stereocenters. The number of nitrogen functional groups attached to an aromatic ring is 1. The van der Waals surface area contributed by atoms with E-state index in [1.54, 1.807) is 0 Å². The molecule has 0 aliphatic carbocycles. The van der Waals surface area contributed by atoms with Gasteiger partial charge in [0.05, 0.1) is 10.2 Å². The third kappa shape index (κ3) is 2.02. The van der Waals surface area contributed by atoms with Crippen LogP contribution in [0.4, 0.5) is 5.82 Å². The molecule has 4 aromatic rings. The van der Waals surface area contributed by atoms with Crippen molar-refractivity contribution in [2.75, 3.05) is 5.73 Å². The second-order valence-corrected chi connectivity index (χ2v) is 6.06. The number of thiophene rings is 1. The van der Waals surface area contributed by atoms with E-state index in [4.69, 9.17) is 17.3 Å². The van der Waals surface area contributed by atoms with Gasteiger partial charge in [0.15, 0.2) is 0 Å². The van der Waals surface area contributed by atoms with Crippen LogP contribution in [0.2, 0.25) is 5.02 Å². The molecule has 0 amide bonds. The lowest BCUT2D eigenvalue weighted by Gasteiger charge is -2.01. The zero-order chi connectivity index (χ0) is 14.4. The zero-order valence-electron chi connectivity index (χ0n) is 10.7. The van der Waals surface area contributed by atoms with Crippen molar-refractivity contribution in [1.29, 1.82) is 0 Å². The third-order valence-corrected chi connectivity index (χ3v) is 4.69. The van der Waals surface area contributed by atoms with E-state index in [2.05, 4.69) is 21.0 Å². The highest BCUT2D eigenvalue weighted by Crippen LogP contribution is 2.35. The van der Waals surface area contributed by atoms with Crippen LogP contribution in [0.15, 0.2) is 42.9 Å². The van der Waals surface area contributed by atoms with Gasteiger partial charge in [0.1, 0.15) is 17.0 Å². The molecule has 0 saturated carbocycles. The van der Waals surface area contributed by atoms with E-state index in [1.165, 1.54) is 17.7 Å². The van der Waals surface area contributed by atoms with Gasteiger partial charge in [-0.25, -0.2) is 15.0 Å². The number of aromatic nitrogens is 3. The van der Waals surface area contributed by atoms with Gasteiger partial charge in [-0.05, 0) is 23.8 Å². The predicted molar refractivity (Wildman–Crippen MR) is 87.6 cm³/mol. The number of nitrogens with two attached hydrogens (primary N) is 1. The molecule has 0 atom stereocenters. The Kier molecular flexibility index (Phi) is 2.77. The summed E-state index contributed by atoms with van der Waals surface area (Å²) in [6, 6.07) is 9.77. The largest absolute Gasteiger partial charge is 0.382 e. The van der Waals surface area contributed by atoms with Crippen LogP contribution in [0.1, 0.15) is 0 Å². The first-order valence-corrected chi connectivity index (χ1v) is 7.46. The maximum atomic E-state index is 5.93. The fraction of sp³-hybridized carbons (Fsp3) is 0. The molecular weight excluding hydrogens is 304 g/mol. The molecule has 6 heteroatoms. The molecule has 0 radical (unpaired) electrons. The first-order chi connectivity index (χ1) is 10.2. The summed E-state index contributed by atoms with van der Waals surface area (Å²) < 4.78 is 0.883. The normalized spacial score (nSPS) is 11.3. The highest BCUT2D eigenvalue weighted by atomic mass is 35.5. The number of anilines is 1. The Morgan fingerprint density at radius 2 is 1.81 bits per heavy atom. The van der Waals surface area contributed by atoms with Crippen molar-refractivity contribution in [2.24, 2.45) is 0 Å². The lowest BCUT2D eigenvalue weighted by Crippen LogP contribution is -1.89. The smallest absolute Gasteiger partial charge is 0.144 e. The average Bonchev–Trinajstić information content (AvgIpc) is 2.87. The van der Waals surface area contributed by atoms with Crippen LogP contribution in [0.3, 0.4) is 0 Å². The van der Waals surface area contributed by atoms with Crippen molar-refractivity contribution in [3.63, 3.8) is 0 Å². The lowest BCUT2D eigenvalue weighted by molar-refractivity contribution is 1.24. The standard InChI is InChI=1S/C15H9ClN4S/c16-10-3-1-8(2-4-10)9-5-11-12-13(14(17)20-7-19-12)21-15(11)18-6-9/h1-7H,(H2,17,19,20). The Morgan fingerprint density at radius 3 is 2.62 bits per heavy atom. The minimum atomic E-state index is 0.496. The van der Waals surface area contributed by atoms with Gasteiger partial charge in [0, 0.05) is 22.2 Å². The minimum absolute atomic E-state index is 0.496. The van der Waals surface area contributed by atoms with Gasteiger partial charge in [-0.1, -0.05) is 23.7 Å². The van der Waals surface area contributed by atoms with Crippen molar-refractivity contribution in [2.45, 2.75) is 0 Å². The van der Waals surface area contributed by atoms with E-state index in [9.17, 15) is 0 Å². The molecule has 0 bridgehead atoms. The summed E-state index contributed by atoms with van der Waals surface area (Å²) in [5, 5.41) is 1.71. The number of fused-ring (bicyclic) bond motifs is 3. The van der Waals surface area contributed by atoms with E-state index in [-0.39, 0.29) is 0 Å². The molecule has 0 aliphatic heterocycles. The highest BCUT2D eigenvalue weighted by molar-refractivity contribution is 7.25. The van der Waals surface area contributed by atoms with Crippen molar-refractivity contribution in [3.05, 3.63) is 47.9 Å². The fourth-order valence-corrected chi connectivity index (χ4v) is 3.39. The van der Waals surface area contributed by atoms with E-state index in [0.717, 1.165) is 31.6 Å². The van der Waals surface area contributed by atoms with Crippen molar-refractivity contribution in [1.82, 2.24) is 15.0 Å². The van der Waals surface area contributed by atoms with E-state index < -0.39 is 0 Å². The number of hydrogen-bond donors (Lipinski definition) is 1. The van der Waals surface area contributed by atoms with Crippen LogP contribution in [-0.2, 0) is 0 Å². The van der Waals surface area contributed by atoms with Gasteiger partial charge in [0.2, 0.25) is 0 Å². The van der Waals surface area contributed by atoms with Gasteiger partial charge in [-0.2, -0.15) is 0 Å². The van der Waals surface area contributed by atoms with Crippen molar-refractivity contribution in [3.8, 4) is 11.1 Å². The van der Waals surface area contributed by atoms with Crippen LogP contribution in [0.5, 0.6) is 0 Å². The van der Waals surface area contributed by atoms with E-state index in [1.807, 2.05) is 30.5 Å². The Hall–Kier alpha value is -2.24. The van der Waals surface area contributed by atoms with Crippen molar-refractivity contribution < 1.29 is 0 Å². The van der Waals surface area contributed by atoms with Gasteiger partial charge >= 0.3 is 0 Å². The fourth-order valence-electron chi connectivity index (χ4n) is 2.28. The molecule has 102 valence electrons. The quantitative estimate of drug-likeness (QED) is 0.573. The summed E-state index contributed by atoms with van der Waals surface area (Å²) in [7, 11) is 0. The predicted octanol–water partition coefficient (Wildman–Crippen LogP) is 4.14. The number of hydrogen-bond acceptors (Lipinski definition) is 5. The molecule has 3 heterocycles. The summed E-state index contributed by atoms with van der Waals surface area (Å²) in [6.07, 6.45) is 3.34. The number of rotatable bonds is 1. The Bertz CT molecular complexity index is 963. The molecule has 3 aromatic heterocycles. The Labute approximate surface area is 129 Å². The molecule has 0 saturated heterocycles. The average molecular weight is 313 g/mol. The molecule has 4 rings (SSSR count). The first kappa shape index (κ1) is 12.5. The molecule has 1 aromatic carbocycles. The number of nitrogens with zero attached hydrogens (tertiary/aromatic N) is 3. The van der Waals surface area contributed by atoms with Gasteiger partial charge in [-0.3, -0.25) is 0 Å². The lowest BCUT2D eigenvalue weighted by atomic mass is 10.1. The summed E-state index contributed by atoms with van der Waals surface area (Å²) in [6.45, 7) is 0. The maximum absolute atomic E-state index is 5.93. The molecule has 2 N–H and O–H groups in total. The SMILES string of the molecule is Nc1ncnc2c1sc1ncc(-c3ccc(Cl)cc3)cc12. The van der Waals surface area contributed by atoms with Crippen LogP contribution in [-0.4, -0.2) is 15.0 Å². The summed E-state index contributed by atoms with van der Waals surface area (Å²) >= 11 is 7.44.